The number of halogens is 3. The molecule has 0 saturated carbocycles. The largest absolute Gasteiger partial charge is 0.384 e. The van der Waals surface area contributed by atoms with Crippen molar-refractivity contribution < 1.29 is 23.1 Å². The number of hydrogen-bond donors (Lipinski definition) is 1. The Morgan fingerprint density at radius 1 is 1.10 bits per heavy atom. The van der Waals surface area contributed by atoms with Crippen molar-refractivity contribution in [2.24, 2.45) is 0 Å². The van der Waals surface area contributed by atoms with Crippen LogP contribution < -0.4 is 4.90 Å². The molecule has 0 radical (unpaired) electrons. The Hall–Kier alpha value is -2.48. The van der Waals surface area contributed by atoms with Crippen molar-refractivity contribution in [1.82, 2.24) is 18.8 Å². The van der Waals surface area contributed by atoms with Crippen LogP contribution in [0.15, 0.2) is 58.2 Å². The van der Waals surface area contributed by atoms with Gasteiger partial charge in [-0.3, -0.25) is 14.2 Å². The minimum Gasteiger partial charge on any atom is -0.384 e. The molecule has 1 fully saturated rings. The number of benzene rings is 2. The standard InChI is InChI=1S/C26H26BrCl2N5O5S/c1-16(35)23(36)31-7-9-32(10-8-31)40(38,39)22-15-30-25-33(21-12-19(28)11-20(29)13-21)24(37)26(2,34(22)25)14-17-3-5-18(27)6-4-17/h3-6,11-13,15-16,35H,7-10,14H2,1-2H3/t16-,26+/m0/s1. The second-order valence-electron chi connectivity index (χ2n) is 9.98. The maximum absolute atomic E-state index is 14.2. The Bertz CT molecular complexity index is 1570. The molecule has 10 nitrogen and oxygen atoms in total. The zero-order valence-electron chi connectivity index (χ0n) is 21.6. The Balaban J connectivity index is 1.58. The van der Waals surface area contributed by atoms with Crippen LogP contribution in [0.2, 0.25) is 10.0 Å². The second-order valence-corrected chi connectivity index (χ2v) is 13.7. The number of aliphatic hydroxyl groups is 1. The summed E-state index contributed by atoms with van der Waals surface area (Å²) >= 11 is 15.9. The molecule has 2 amide bonds. The third kappa shape index (κ3) is 5.05. The summed E-state index contributed by atoms with van der Waals surface area (Å²) in [5, 5.41) is 10.1. The highest BCUT2D eigenvalue weighted by Gasteiger charge is 2.52. The highest BCUT2D eigenvalue weighted by Crippen LogP contribution is 2.45. The first-order valence-electron chi connectivity index (χ1n) is 12.4. The topological polar surface area (TPSA) is 116 Å². The summed E-state index contributed by atoms with van der Waals surface area (Å²) in [6.07, 6.45) is 0.271. The van der Waals surface area contributed by atoms with Crippen LogP contribution in [0.1, 0.15) is 19.4 Å². The number of anilines is 2. The molecular formula is C26H26BrCl2N5O5S. The van der Waals surface area contributed by atoms with Gasteiger partial charge in [-0.05, 0) is 49.7 Å². The molecule has 0 spiro atoms. The van der Waals surface area contributed by atoms with Crippen molar-refractivity contribution >= 4 is 72.6 Å². The normalized spacial score (nSPS) is 20.6. The molecule has 3 aromatic rings. The number of carbonyl (C=O) groups is 2. The molecule has 0 aliphatic carbocycles. The van der Waals surface area contributed by atoms with Gasteiger partial charge in [0, 0.05) is 47.1 Å². The number of fused-ring (bicyclic) bond motifs is 1. The molecular weight excluding hydrogens is 645 g/mol. The number of sulfonamides is 1. The average molecular weight is 671 g/mol. The van der Waals surface area contributed by atoms with E-state index in [1.165, 1.54) is 31.8 Å². The van der Waals surface area contributed by atoms with Gasteiger partial charge in [-0.2, -0.15) is 4.31 Å². The number of amides is 2. The van der Waals surface area contributed by atoms with Crippen LogP contribution in [0.4, 0.5) is 11.6 Å². The molecule has 0 bridgehead atoms. The molecule has 40 heavy (non-hydrogen) atoms. The predicted octanol–water partition coefficient (Wildman–Crippen LogP) is 3.80. The quantitative estimate of drug-likeness (QED) is 0.427. The Labute approximate surface area is 250 Å². The first-order chi connectivity index (χ1) is 18.8. The van der Waals surface area contributed by atoms with Crippen LogP contribution in [0.3, 0.4) is 0 Å². The van der Waals surface area contributed by atoms with Crippen molar-refractivity contribution in [2.45, 2.75) is 36.9 Å². The number of aliphatic hydroxyl groups excluding tert-OH is 1. The molecule has 1 aromatic heterocycles. The molecule has 3 heterocycles. The predicted molar refractivity (Wildman–Crippen MR) is 154 cm³/mol. The smallest absolute Gasteiger partial charge is 0.260 e. The molecule has 212 valence electrons. The minimum atomic E-state index is -4.13. The SMILES string of the molecule is C[C@H](O)C(=O)N1CCN(S(=O)(=O)c2cnc3n2[C@](C)(Cc2ccc(Br)cc2)C(=O)N3c2cc(Cl)cc(Cl)c2)CC1. The fourth-order valence-electron chi connectivity index (χ4n) is 5.16. The number of hydrogen-bond acceptors (Lipinski definition) is 6. The van der Waals surface area contributed by atoms with E-state index < -0.39 is 27.6 Å². The van der Waals surface area contributed by atoms with E-state index in [-0.39, 0.29) is 49.5 Å². The molecule has 2 aliphatic heterocycles. The zero-order chi connectivity index (χ0) is 29.0. The molecule has 2 aromatic carbocycles. The summed E-state index contributed by atoms with van der Waals surface area (Å²) in [6, 6.07) is 12.1. The fourth-order valence-corrected chi connectivity index (χ4v) is 7.55. The average Bonchev–Trinajstić information content (AvgIpc) is 3.43. The lowest BCUT2D eigenvalue weighted by molar-refractivity contribution is -0.140. The van der Waals surface area contributed by atoms with Gasteiger partial charge < -0.3 is 10.0 Å². The van der Waals surface area contributed by atoms with Crippen LogP contribution in [-0.4, -0.2) is 76.4 Å². The first kappa shape index (κ1) is 29.0. The van der Waals surface area contributed by atoms with E-state index >= 15 is 0 Å². The van der Waals surface area contributed by atoms with E-state index in [9.17, 15) is 23.1 Å². The van der Waals surface area contributed by atoms with Crippen molar-refractivity contribution in [3.8, 4) is 0 Å². The van der Waals surface area contributed by atoms with E-state index in [0.717, 1.165) is 10.0 Å². The molecule has 5 rings (SSSR count). The van der Waals surface area contributed by atoms with Gasteiger partial charge in [0.1, 0.15) is 11.6 Å². The highest BCUT2D eigenvalue weighted by molar-refractivity contribution is 9.10. The van der Waals surface area contributed by atoms with Crippen molar-refractivity contribution in [3.63, 3.8) is 0 Å². The van der Waals surface area contributed by atoms with Gasteiger partial charge >= 0.3 is 0 Å². The fraction of sp³-hybridized carbons (Fsp3) is 0.346. The monoisotopic (exact) mass is 669 g/mol. The Kier molecular flexibility index (Phi) is 7.79. The minimum absolute atomic E-state index is 0.0340. The van der Waals surface area contributed by atoms with Gasteiger partial charge in [0.15, 0.2) is 5.03 Å². The van der Waals surface area contributed by atoms with Gasteiger partial charge in [-0.1, -0.05) is 51.3 Å². The summed E-state index contributed by atoms with van der Waals surface area (Å²) in [7, 11) is -4.13. The van der Waals surface area contributed by atoms with E-state index in [1.807, 2.05) is 24.3 Å². The number of aromatic nitrogens is 2. The van der Waals surface area contributed by atoms with Crippen LogP contribution in [-0.2, 0) is 31.6 Å². The summed E-state index contributed by atoms with van der Waals surface area (Å²) in [5.74, 6) is -0.712. The van der Waals surface area contributed by atoms with Gasteiger partial charge in [0.25, 0.3) is 21.8 Å². The molecule has 2 aliphatic rings. The van der Waals surface area contributed by atoms with Gasteiger partial charge in [-0.15, -0.1) is 0 Å². The molecule has 2 atom stereocenters. The lowest BCUT2D eigenvalue weighted by atomic mass is 9.92. The van der Waals surface area contributed by atoms with E-state index in [0.29, 0.717) is 15.7 Å². The lowest BCUT2D eigenvalue weighted by Gasteiger charge is -2.35. The van der Waals surface area contributed by atoms with Crippen LogP contribution in [0.25, 0.3) is 0 Å². The number of nitrogens with zero attached hydrogens (tertiary/aromatic N) is 5. The van der Waals surface area contributed by atoms with Gasteiger partial charge in [0.2, 0.25) is 5.95 Å². The van der Waals surface area contributed by atoms with Crippen LogP contribution in [0.5, 0.6) is 0 Å². The lowest BCUT2D eigenvalue weighted by Crippen LogP contribution is -2.53. The van der Waals surface area contributed by atoms with Crippen molar-refractivity contribution in [1.29, 1.82) is 0 Å². The molecule has 0 unspecified atom stereocenters. The Morgan fingerprint density at radius 2 is 1.70 bits per heavy atom. The molecule has 1 saturated heterocycles. The van der Waals surface area contributed by atoms with E-state index in [4.69, 9.17) is 23.2 Å². The zero-order valence-corrected chi connectivity index (χ0v) is 25.5. The van der Waals surface area contributed by atoms with Crippen molar-refractivity contribution in [2.75, 3.05) is 31.1 Å². The highest BCUT2D eigenvalue weighted by atomic mass is 79.9. The summed E-state index contributed by atoms with van der Waals surface area (Å²) in [5.41, 5.74) is -0.178. The summed E-state index contributed by atoms with van der Waals surface area (Å²) < 4.78 is 31.6. The number of piperazine rings is 1. The number of carbonyl (C=O) groups excluding carboxylic acids is 2. The third-order valence-corrected chi connectivity index (χ3v) is 9.97. The summed E-state index contributed by atoms with van der Waals surface area (Å²) in [4.78, 5) is 33.6. The van der Waals surface area contributed by atoms with E-state index in [1.54, 1.807) is 25.1 Å². The van der Waals surface area contributed by atoms with Crippen LogP contribution in [0, 0.1) is 0 Å². The Morgan fingerprint density at radius 3 is 2.27 bits per heavy atom. The maximum atomic E-state index is 14.2. The van der Waals surface area contributed by atoms with E-state index in [2.05, 4.69) is 20.9 Å². The molecule has 14 heteroatoms. The van der Waals surface area contributed by atoms with Gasteiger partial charge in [-0.25, -0.2) is 18.3 Å². The summed E-state index contributed by atoms with van der Waals surface area (Å²) in [6.45, 7) is 3.40. The maximum Gasteiger partial charge on any atom is 0.260 e. The molecule has 1 N–H and O–H groups in total. The van der Waals surface area contributed by atoms with Crippen molar-refractivity contribution in [3.05, 3.63) is 68.7 Å². The first-order valence-corrected chi connectivity index (χ1v) is 15.4. The van der Waals surface area contributed by atoms with Crippen LogP contribution >= 0.6 is 39.1 Å². The second kappa shape index (κ2) is 10.7. The number of rotatable bonds is 6. The third-order valence-electron chi connectivity index (χ3n) is 7.15. The van der Waals surface area contributed by atoms with Gasteiger partial charge in [0.05, 0.1) is 11.9 Å². The number of imidazole rings is 1.